The van der Waals surface area contributed by atoms with Crippen molar-refractivity contribution < 1.29 is 0 Å². The third-order valence-corrected chi connectivity index (χ3v) is 5.16. The van der Waals surface area contributed by atoms with E-state index in [4.69, 9.17) is 10.1 Å². The van der Waals surface area contributed by atoms with Crippen LogP contribution in [0, 0.1) is 0 Å². The molecule has 7 nitrogen and oxygen atoms in total. The SMILES string of the molecule is Cn1cc(CN2CC[C@@H](c3nc4ccc(-c5ccncc5)cn4n3)C2)cn1. The third-order valence-electron chi connectivity index (χ3n) is 5.16. The van der Waals surface area contributed by atoms with E-state index in [9.17, 15) is 0 Å². The minimum atomic E-state index is 0.381. The monoisotopic (exact) mass is 359 g/mol. The van der Waals surface area contributed by atoms with Crippen LogP contribution in [0.15, 0.2) is 55.2 Å². The summed E-state index contributed by atoms with van der Waals surface area (Å²) in [6, 6.07) is 8.14. The number of pyridine rings is 2. The van der Waals surface area contributed by atoms with Crippen LogP contribution in [-0.2, 0) is 13.6 Å². The van der Waals surface area contributed by atoms with Crippen LogP contribution < -0.4 is 0 Å². The number of rotatable bonds is 4. The number of fused-ring (bicyclic) bond motifs is 1. The lowest BCUT2D eigenvalue weighted by molar-refractivity contribution is 0.325. The fourth-order valence-corrected chi connectivity index (χ4v) is 3.79. The number of aryl methyl sites for hydroxylation is 1. The molecule has 0 radical (unpaired) electrons. The average Bonchev–Trinajstić information content (AvgIpc) is 3.41. The van der Waals surface area contributed by atoms with Crippen LogP contribution in [0.25, 0.3) is 16.8 Å². The lowest BCUT2D eigenvalue weighted by Crippen LogP contribution is -2.19. The molecular weight excluding hydrogens is 338 g/mol. The van der Waals surface area contributed by atoms with Gasteiger partial charge in [-0.2, -0.15) is 10.2 Å². The summed E-state index contributed by atoms with van der Waals surface area (Å²) in [6.45, 7) is 2.99. The van der Waals surface area contributed by atoms with Crippen molar-refractivity contribution in [3.05, 3.63) is 66.6 Å². The first-order chi connectivity index (χ1) is 13.2. The fourth-order valence-electron chi connectivity index (χ4n) is 3.79. The standard InChI is InChI=1S/C20H21N7/c1-25-11-15(10-22-25)12-26-9-6-18(13-26)20-23-19-3-2-17(14-27(19)24-20)16-4-7-21-8-5-16/h2-5,7-8,10-11,14,18H,6,9,12-13H2,1H3/t18-/m1/s1. The van der Waals surface area contributed by atoms with Crippen molar-refractivity contribution in [1.29, 1.82) is 0 Å². The molecule has 5 rings (SSSR count). The van der Waals surface area contributed by atoms with Gasteiger partial charge in [0.1, 0.15) is 0 Å². The second-order valence-electron chi connectivity index (χ2n) is 7.17. The van der Waals surface area contributed by atoms with E-state index in [1.807, 2.05) is 59.2 Å². The van der Waals surface area contributed by atoms with E-state index in [1.54, 1.807) is 0 Å². The van der Waals surface area contributed by atoms with Crippen LogP contribution in [-0.4, -0.2) is 47.4 Å². The molecule has 0 bridgehead atoms. The molecule has 1 saturated heterocycles. The molecule has 0 amide bonds. The quantitative estimate of drug-likeness (QED) is 0.560. The summed E-state index contributed by atoms with van der Waals surface area (Å²) < 4.78 is 3.75. The first-order valence-electron chi connectivity index (χ1n) is 9.21. The summed E-state index contributed by atoms with van der Waals surface area (Å²) >= 11 is 0. The van der Waals surface area contributed by atoms with E-state index in [0.29, 0.717) is 5.92 Å². The Hall–Kier alpha value is -3.06. The Morgan fingerprint density at radius 3 is 2.78 bits per heavy atom. The van der Waals surface area contributed by atoms with Crippen molar-refractivity contribution in [2.24, 2.45) is 7.05 Å². The van der Waals surface area contributed by atoms with E-state index < -0.39 is 0 Å². The van der Waals surface area contributed by atoms with Gasteiger partial charge in [0.25, 0.3) is 0 Å². The maximum Gasteiger partial charge on any atom is 0.156 e. The minimum absolute atomic E-state index is 0.381. The zero-order valence-corrected chi connectivity index (χ0v) is 15.2. The van der Waals surface area contributed by atoms with Crippen LogP contribution in [0.1, 0.15) is 23.7 Å². The zero-order valence-electron chi connectivity index (χ0n) is 15.2. The molecule has 5 heterocycles. The predicted molar refractivity (Wildman–Crippen MR) is 102 cm³/mol. The molecule has 1 aliphatic rings. The molecule has 1 fully saturated rings. The highest BCUT2D eigenvalue weighted by Crippen LogP contribution is 2.27. The van der Waals surface area contributed by atoms with E-state index in [0.717, 1.165) is 48.7 Å². The van der Waals surface area contributed by atoms with Crippen molar-refractivity contribution >= 4 is 5.65 Å². The number of aromatic nitrogens is 6. The van der Waals surface area contributed by atoms with Crippen LogP contribution >= 0.6 is 0 Å². The molecule has 0 saturated carbocycles. The molecule has 136 valence electrons. The molecule has 27 heavy (non-hydrogen) atoms. The highest BCUT2D eigenvalue weighted by molar-refractivity contribution is 5.63. The number of hydrogen-bond acceptors (Lipinski definition) is 5. The van der Waals surface area contributed by atoms with Crippen LogP contribution in [0.3, 0.4) is 0 Å². The summed E-state index contributed by atoms with van der Waals surface area (Å²) in [5, 5.41) is 9.03. The second kappa shape index (κ2) is 6.59. The minimum Gasteiger partial charge on any atom is -0.298 e. The maximum atomic E-state index is 4.77. The van der Waals surface area contributed by atoms with E-state index >= 15 is 0 Å². The lowest BCUT2D eigenvalue weighted by Gasteiger charge is -2.13. The van der Waals surface area contributed by atoms with Gasteiger partial charge >= 0.3 is 0 Å². The Bertz CT molecular complexity index is 1070. The van der Waals surface area contributed by atoms with Gasteiger partial charge in [0, 0.05) is 62.0 Å². The lowest BCUT2D eigenvalue weighted by atomic mass is 10.1. The van der Waals surface area contributed by atoms with Crippen molar-refractivity contribution in [3.63, 3.8) is 0 Å². The van der Waals surface area contributed by atoms with Crippen molar-refractivity contribution in [1.82, 2.24) is 34.3 Å². The average molecular weight is 359 g/mol. The van der Waals surface area contributed by atoms with Gasteiger partial charge in [-0.1, -0.05) is 0 Å². The molecule has 4 aromatic heterocycles. The van der Waals surface area contributed by atoms with Gasteiger partial charge in [0.05, 0.1) is 6.20 Å². The Morgan fingerprint density at radius 2 is 1.96 bits per heavy atom. The smallest absolute Gasteiger partial charge is 0.156 e. The molecule has 7 heteroatoms. The molecule has 0 aromatic carbocycles. The molecule has 1 aliphatic heterocycles. The summed E-state index contributed by atoms with van der Waals surface area (Å²) in [5.74, 6) is 1.32. The van der Waals surface area contributed by atoms with Crippen LogP contribution in [0.2, 0.25) is 0 Å². The molecule has 1 atom stereocenters. The fraction of sp³-hybridized carbons (Fsp3) is 0.300. The highest BCUT2D eigenvalue weighted by Gasteiger charge is 2.27. The molecule has 0 aliphatic carbocycles. The Morgan fingerprint density at radius 1 is 1.07 bits per heavy atom. The van der Waals surface area contributed by atoms with Gasteiger partial charge in [-0.25, -0.2) is 9.50 Å². The van der Waals surface area contributed by atoms with E-state index in [1.165, 1.54) is 5.56 Å². The normalized spacial score (nSPS) is 17.7. The summed E-state index contributed by atoms with van der Waals surface area (Å²) in [5.41, 5.74) is 4.40. The topological polar surface area (TPSA) is 64.1 Å². The predicted octanol–water partition coefficient (Wildman–Crippen LogP) is 2.51. The first kappa shape index (κ1) is 16.1. The maximum absolute atomic E-state index is 4.77. The molecule has 4 aromatic rings. The van der Waals surface area contributed by atoms with Gasteiger partial charge < -0.3 is 0 Å². The number of hydrogen-bond donors (Lipinski definition) is 0. The van der Waals surface area contributed by atoms with Gasteiger partial charge in [-0.05, 0) is 42.8 Å². The van der Waals surface area contributed by atoms with Crippen molar-refractivity contribution in [2.75, 3.05) is 13.1 Å². The molecule has 0 unspecified atom stereocenters. The summed E-state index contributed by atoms with van der Waals surface area (Å²) in [4.78, 5) is 11.3. The molecule has 0 spiro atoms. The largest absolute Gasteiger partial charge is 0.298 e. The Kier molecular flexibility index (Phi) is 3.94. The van der Waals surface area contributed by atoms with Gasteiger partial charge in [0.2, 0.25) is 0 Å². The van der Waals surface area contributed by atoms with Crippen molar-refractivity contribution in [2.45, 2.75) is 18.9 Å². The molecule has 0 N–H and O–H groups in total. The summed E-state index contributed by atoms with van der Waals surface area (Å²) in [7, 11) is 1.96. The first-order valence-corrected chi connectivity index (χ1v) is 9.21. The Balaban J connectivity index is 1.34. The van der Waals surface area contributed by atoms with E-state index in [2.05, 4.69) is 27.2 Å². The highest BCUT2D eigenvalue weighted by atomic mass is 15.3. The van der Waals surface area contributed by atoms with Crippen LogP contribution in [0.5, 0.6) is 0 Å². The second-order valence-corrected chi connectivity index (χ2v) is 7.17. The van der Waals surface area contributed by atoms with Gasteiger partial charge in [0.15, 0.2) is 11.5 Å². The number of nitrogens with zero attached hydrogens (tertiary/aromatic N) is 7. The van der Waals surface area contributed by atoms with Crippen molar-refractivity contribution in [3.8, 4) is 11.1 Å². The van der Waals surface area contributed by atoms with Gasteiger partial charge in [-0.3, -0.25) is 14.6 Å². The Labute approximate surface area is 157 Å². The van der Waals surface area contributed by atoms with E-state index in [-0.39, 0.29) is 0 Å². The van der Waals surface area contributed by atoms with Crippen LogP contribution in [0.4, 0.5) is 0 Å². The van der Waals surface area contributed by atoms with Gasteiger partial charge in [-0.15, -0.1) is 0 Å². The number of likely N-dealkylation sites (tertiary alicyclic amines) is 1. The molecular formula is C20H21N7. The zero-order chi connectivity index (χ0) is 18.2. The third kappa shape index (κ3) is 3.21. The summed E-state index contributed by atoms with van der Waals surface area (Å²) in [6.07, 6.45) is 10.8.